The van der Waals surface area contributed by atoms with E-state index in [1.54, 1.807) is 24.5 Å². The summed E-state index contributed by atoms with van der Waals surface area (Å²) in [6.07, 6.45) is 8.39. The van der Waals surface area contributed by atoms with Gasteiger partial charge < -0.3 is 14.8 Å². The summed E-state index contributed by atoms with van der Waals surface area (Å²) in [4.78, 5) is 31.9. The summed E-state index contributed by atoms with van der Waals surface area (Å²) in [6.45, 7) is 6.55. The number of anilines is 1. The summed E-state index contributed by atoms with van der Waals surface area (Å²) in [5.41, 5.74) is 1.59. The molecular weight excluding hydrogens is 483 g/mol. The Morgan fingerprint density at radius 1 is 1.09 bits per heavy atom. The van der Waals surface area contributed by atoms with E-state index in [9.17, 15) is 4.79 Å². The monoisotopic (exact) mass is 512 g/mol. The molecule has 9 heteroatoms. The van der Waals surface area contributed by atoms with E-state index in [4.69, 9.17) is 28.2 Å². The molecule has 7 nitrogen and oxygen atoms in total. The summed E-state index contributed by atoms with van der Waals surface area (Å²) in [6, 6.07) is 10.0. The third-order valence-electron chi connectivity index (χ3n) is 7.20. The van der Waals surface area contributed by atoms with Gasteiger partial charge in [0.1, 0.15) is 11.6 Å². The van der Waals surface area contributed by atoms with Gasteiger partial charge in [0.15, 0.2) is 0 Å². The maximum Gasteiger partial charge on any atom is 0.253 e. The molecule has 1 aromatic carbocycles. The highest BCUT2D eigenvalue weighted by atomic mass is 35.5. The second kappa shape index (κ2) is 10.6. The number of piperidine rings is 1. The van der Waals surface area contributed by atoms with Crippen molar-refractivity contribution in [1.29, 1.82) is 0 Å². The SMILES string of the molecule is CCC1CN(c2ncc(-c3ncc[nH]3)cc2Cl)CCN1C1CCN(C(=O)c2ccc(Cl)cc2)CC1. The number of halogens is 2. The number of piperazine rings is 1. The van der Waals surface area contributed by atoms with Crippen LogP contribution in [0.25, 0.3) is 11.4 Å². The fourth-order valence-electron chi connectivity index (χ4n) is 5.30. The van der Waals surface area contributed by atoms with E-state index in [2.05, 4.69) is 26.7 Å². The maximum absolute atomic E-state index is 12.9. The average molecular weight is 513 g/mol. The van der Waals surface area contributed by atoms with Crippen LogP contribution in [0.2, 0.25) is 10.0 Å². The number of aromatic nitrogens is 3. The van der Waals surface area contributed by atoms with Gasteiger partial charge in [0, 0.05) is 79.5 Å². The molecule has 2 aliphatic heterocycles. The Labute approximate surface area is 216 Å². The van der Waals surface area contributed by atoms with E-state index in [1.165, 1.54) is 0 Å². The first-order chi connectivity index (χ1) is 17.0. The summed E-state index contributed by atoms with van der Waals surface area (Å²) in [5, 5.41) is 1.30. The van der Waals surface area contributed by atoms with Crippen LogP contribution in [0.4, 0.5) is 5.82 Å². The number of nitrogens with zero attached hydrogens (tertiary/aromatic N) is 5. The van der Waals surface area contributed by atoms with Crippen molar-refractivity contribution in [3.05, 3.63) is 64.5 Å². The Morgan fingerprint density at radius 3 is 2.51 bits per heavy atom. The van der Waals surface area contributed by atoms with Gasteiger partial charge in [-0.3, -0.25) is 9.69 Å². The quantitative estimate of drug-likeness (QED) is 0.521. The van der Waals surface area contributed by atoms with Gasteiger partial charge in [-0.2, -0.15) is 0 Å². The number of aromatic amines is 1. The summed E-state index contributed by atoms with van der Waals surface area (Å²) < 4.78 is 0. The Morgan fingerprint density at radius 2 is 1.86 bits per heavy atom. The number of likely N-dealkylation sites (tertiary alicyclic amines) is 1. The second-order valence-corrected chi connectivity index (χ2v) is 10.1. The molecule has 1 amide bonds. The molecule has 1 unspecified atom stereocenters. The van der Waals surface area contributed by atoms with Crippen LogP contribution in [-0.2, 0) is 0 Å². The summed E-state index contributed by atoms with van der Waals surface area (Å²) in [7, 11) is 0. The molecule has 5 rings (SSSR count). The van der Waals surface area contributed by atoms with Gasteiger partial charge in [-0.25, -0.2) is 9.97 Å². The van der Waals surface area contributed by atoms with Gasteiger partial charge in [0.2, 0.25) is 0 Å². The summed E-state index contributed by atoms with van der Waals surface area (Å²) in [5.74, 6) is 1.70. The Kier molecular flexibility index (Phi) is 7.27. The summed E-state index contributed by atoms with van der Waals surface area (Å²) >= 11 is 12.6. The van der Waals surface area contributed by atoms with E-state index in [-0.39, 0.29) is 5.91 Å². The molecule has 1 N–H and O–H groups in total. The van der Waals surface area contributed by atoms with Crippen LogP contribution >= 0.6 is 23.2 Å². The third-order valence-corrected chi connectivity index (χ3v) is 7.73. The van der Waals surface area contributed by atoms with Crippen molar-refractivity contribution in [1.82, 2.24) is 24.8 Å². The molecule has 2 aliphatic rings. The minimum atomic E-state index is 0.0932. The van der Waals surface area contributed by atoms with Crippen LogP contribution < -0.4 is 4.90 Å². The highest BCUT2D eigenvalue weighted by Crippen LogP contribution is 2.31. The van der Waals surface area contributed by atoms with Crippen LogP contribution in [0, 0.1) is 0 Å². The van der Waals surface area contributed by atoms with Crippen molar-refractivity contribution in [3.63, 3.8) is 0 Å². The predicted octanol–water partition coefficient (Wildman–Crippen LogP) is 4.98. The molecule has 2 aromatic heterocycles. The Hall–Kier alpha value is -2.61. The number of hydrogen-bond acceptors (Lipinski definition) is 5. The Bertz CT molecular complexity index is 1150. The molecule has 0 saturated carbocycles. The lowest BCUT2D eigenvalue weighted by Crippen LogP contribution is -2.58. The van der Waals surface area contributed by atoms with Gasteiger partial charge >= 0.3 is 0 Å². The first kappa shape index (κ1) is 24.1. The van der Waals surface area contributed by atoms with Gasteiger partial charge in [-0.15, -0.1) is 0 Å². The van der Waals surface area contributed by atoms with Crippen molar-refractivity contribution in [2.24, 2.45) is 0 Å². The minimum absolute atomic E-state index is 0.0932. The molecule has 184 valence electrons. The van der Waals surface area contributed by atoms with E-state index < -0.39 is 0 Å². The molecule has 35 heavy (non-hydrogen) atoms. The topological polar surface area (TPSA) is 68.4 Å². The van der Waals surface area contributed by atoms with Crippen molar-refractivity contribution in [3.8, 4) is 11.4 Å². The molecular formula is C26H30Cl2N6O. The maximum atomic E-state index is 12.9. The van der Waals surface area contributed by atoms with Crippen LogP contribution in [0.1, 0.15) is 36.5 Å². The predicted molar refractivity (Wildman–Crippen MR) is 140 cm³/mol. The van der Waals surface area contributed by atoms with Crippen LogP contribution in [0.5, 0.6) is 0 Å². The first-order valence-corrected chi connectivity index (χ1v) is 13.0. The number of carbonyl (C=O) groups excluding carboxylic acids is 1. The lowest BCUT2D eigenvalue weighted by molar-refractivity contribution is 0.0491. The fraction of sp³-hybridized carbons (Fsp3) is 0.423. The van der Waals surface area contributed by atoms with E-state index in [1.807, 2.05) is 29.3 Å². The van der Waals surface area contributed by atoms with Gasteiger partial charge in [0.05, 0.1) is 5.02 Å². The van der Waals surface area contributed by atoms with E-state index in [0.717, 1.165) is 69.2 Å². The number of H-pyrrole nitrogens is 1. The molecule has 0 spiro atoms. The van der Waals surface area contributed by atoms with Gasteiger partial charge in [0.25, 0.3) is 5.91 Å². The molecule has 2 fully saturated rings. The minimum Gasteiger partial charge on any atom is -0.353 e. The fourth-order valence-corrected chi connectivity index (χ4v) is 5.71. The average Bonchev–Trinajstić information content (AvgIpc) is 3.44. The van der Waals surface area contributed by atoms with E-state index >= 15 is 0 Å². The van der Waals surface area contributed by atoms with Crippen LogP contribution in [-0.4, -0.2) is 75.5 Å². The lowest BCUT2D eigenvalue weighted by atomic mass is 9.97. The molecule has 2 saturated heterocycles. The highest BCUT2D eigenvalue weighted by Gasteiger charge is 2.34. The second-order valence-electron chi connectivity index (χ2n) is 9.24. The van der Waals surface area contributed by atoms with Crippen molar-refractivity contribution in [2.45, 2.75) is 38.3 Å². The first-order valence-electron chi connectivity index (χ1n) is 12.2. The zero-order chi connectivity index (χ0) is 24.4. The lowest BCUT2D eigenvalue weighted by Gasteiger charge is -2.47. The van der Waals surface area contributed by atoms with Gasteiger partial charge in [-0.05, 0) is 49.6 Å². The zero-order valence-electron chi connectivity index (χ0n) is 19.8. The highest BCUT2D eigenvalue weighted by molar-refractivity contribution is 6.33. The van der Waals surface area contributed by atoms with Gasteiger partial charge in [-0.1, -0.05) is 30.1 Å². The van der Waals surface area contributed by atoms with Crippen LogP contribution in [0.3, 0.4) is 0 Å². The number of benzene rings is 1. The number of imidazole rings is 1. The standard InChI is InChI=1S/C26H30Cl2N6O/c1-2-21-17-33(25-23(28)15-19(16-31-25)24-29-9-10-30-24)13-14-34(21)22-7-11-32(12-8-22)26(35)18-3-5-20(27)6-4-18/h3-6,9-10,15-16,21-22H,2,7-8,11-14,17H2,1H3,(H,29,30). The number of pyridine rings is 1. The number of amides is 1. The molecule has 0 bridgehead atoms. The smallest absolute Gasteiger partial charge is 0.253 e. The normalized spacial score (nSPS) is 19.8. The van der Waals surface area contributed by atoms with Crippen molar-refractivity contribution >= 4 is 34.9 Å². The number of nitrogens with one attached hydrogen (secondary N) is 1. The number of rotatable bonds is 5. The zero-order valence-corrected chi connectivity index (χ0v) is 21.3. The third kappa shape index (κ3) is 5.17. The molecule has 0 radical (unpaired) electrons. The van der Waals surface area contributed by atoms with Crippen LogP contribution in [0.15, 0.2) is 48.9 Å². The number of hydrogen-bond donors (Lipinski definition) is 1. The molecule has 3 aromatic rings. The molecule has 0 aliphatic carbocycles. The van der Waals surface area contributed by atoms with Crippen molar-refractivity contribution < 1.29 is 4.79 Å². The van der Waals surface area contributed by atoms with E-state index in [0.29, 0.717) is 27.7 Å². The molecule has 1 atom stereocenters. The largest absolute Gasteiger partial charge is 0.353 e. The molecule has 4 heterocycles. The van der Waals surface area contributed by atoms with Crippen molar-refractivity contribution in [2.75, 3.05) is 37.6 Å². The Balaban J connectivity index is 1.20. The number of carbonyl (C=O) groups is 1.